The van der Waals surface area contributed by atoms with Crippen LogP contribution < -0.4 is 10.5 Å². The first-order valence-corrected chi connectivity index (χ1v) is 5.75. The number of ether oxygens (including phenoxy) is 1. The Morgan fingerprint density at radius 3 is 2.69 bits per heavy atom. The van der Waals surface area contributed by atoms with Gasteiger partial charge in [0.05, 0.1) is 11.7 Å². The third kappa shape index (κ3) is 2.20. The molecule has 1 saturated carbocycles. The SMILES string of the molecule is CC(C)Oc1cccc(C2(O)CC(N)C2)c1. The second-order valence-corrected chi connectivity index (χ2v) is 4.89. The highest BCUT2D eigenvalue weighted by atomic mass is 16.5. The molecule has 16 heavy (non-hydrogen) atoms. The van der Waals surface area contributed by atoms with Gasteiger partial charge in [-0.25, -0.2) is 0 Å². The number of hydrogen-bond donors (Lipinski definition) is 2. The Morgan fingerprint density at radius 2 is 2.12 bits per heavy atom. The van der Waals surface area contributed by atoms with E-state index in [4.69, 9.17) is 10.5 Å². The standard InChI is InChI=1S/C13H19NO2/c1-9(2)16-12-5-3-4-10(6-12)13(15)7-11(14)8-13/h3-6,9,11,15H,7-8,14H2,1-2H3. The van der Waals surface area contributed by atoms with Gasteiger partial charge in [0.25, 0.3) is 0 Å². The van der Waals surface area contributed by atoms with E-state index in [0.717, 1.165) is 11.3 Å². The molecule has 0 saturated heterocycles. The van der Waals surface area contributed by atoms with Crippen LogP contribution in [-0.2, 0) is 5.60 Å². The highest BCUT2D eigenvalue weighted by molar-refractivity contribution is 5.34. The van der Waals surface area contributed by atoms with Crippen molar-refractivity contribution in [3.8, 4) is 5.75 Å². The second kappa shape index (κ2) is 4.07. The van der Waals surface area contributed by atoms with Gasteiger partial charge >= 0.3 is 0 Å². The topological polar surface area (TPSA) is 55.5 Å². The van der Waals surface area contributed by atoms with Gasteiger partial charge in [0.1, 0.15) is 5.75 Å². The van der Waals surface area contributed by atoms with Crippen LogP contribution in [0.25, 0.3) is 0 Å². The van der Waals surface area contributed by atoms with Crippen LogP contribution in [0, 0.1) is 0 Å². The molecule has 2 rings (SSSR count). The summed E-state index contributed by atoms with van der Waals surface area (Å²) in [4.78, 5) is 0. The van der Waals surface area contributed by atoms with Gasteiger partial charge in [-0.2, -0.15) is 0 Å². The molecule has 0 aromatic heterocycles. The molecule has 0 amide bonds. The van der Waals surface area contributed by atoms with Crippen molar-refractivity contribution in [2.75, 3.05) is 0 Å². The lowest BCUT2D eigenvalue weighted by Gasteiger charge is -2.42. The van der Waals surface area contributed by atoms with Crippen LogP contribution in [0.5, 0.6) is 5.75 Å². The van der Waals surface area contributed by atoms with Gasteiger partial charge in [0, 0.05) is 6.04 Å². The van der Waals surface area contributed by atoms with E-state index < -0.39 is 5.60 Å². The summed E-state index contributed by atoms with van der Waals surface area (Å²) in [5.74, 6) is 0.807. The summed E-state index contributed by atoms with van der Waals surface area (Å²) in [7, 11) is 0. The first-order valence-electron chi connectivity index (χ1n) is 5.75. The van der Waals surface area contributed by atoms with E-state index in [0.29, 0.717) is 12.8 Å². The summed E-state index contributed by atoms with van der Waals surface area (Å²) in [6.07, 6.45) is 1.42. The lowest BCUT2D eigenvalue weighted by molar-refractivity contribution is -0.0524. The van der Waals surface area contributed by atoms with Gasteiger partial charge in [0.15, 0.2) is 0 Å². The number of hydrogen-bond acceptors (Lipinski definition) is 3. The molecule has 0 radical (unpaired) electrons. The van der Waals surface area contributed by atoms with Gasteiger partial charge in [-0.05, 0) is 44.4 Å². The minimum Gasteiger partial charge on any atom is -0.491 e. The Hall–Kier alpha value is -1.06. The van der Waals surface area contributed by atoms with Crippen LogP contribution in [0.2, 0.25) is 0 Å². The third-order valence-electron chi connectivity index (χ3n) is 2.94. The van der Waals surface area contributed by atoms with Crippen LogP contribution in [-0.4, -0.2) is 17.3 Å². The Labute approximate surface area is 96.2 Å². The second-order valence-electron chi connectivity index (χ2n) is 4.89. The van der Waals surface area contributed by atoms with E-state index in [9.17, 15) is 5.11 Å². The minimum atomic E-state index is -0.740. The molecular weight excluding hydrogens is 202 g/mol. The lowest BCUT2D eigenvalue weighted by Crippen LogP contribution is -2.49. The van der Waals surface area contributed by atoms with Crippen LogP contribution in [0.3, 0.4) is 0 Å². The predicted molar refractivity (Wildman–Crippen MR) is 63.3 cm³/mol. The minimum absolute atomic E-state index is 0.125. The quantitative estimate of drug-likeness (QED) is 0.818. The first-order chi connectivity index (χ1) is 7.49. The number of nitrogens with two attached hydrogens (primary N) is 1. The highest BCUT2D eigenvalue weighted by Gasteiger charge is 2.42. The lowest BCUT2D eigenvalue weighted by atomic mass is 9.72. The molecule has 0 aliphatic heterocycles. The summed E-state index contributed by atoms with van der Waals surface area (Å²) < 4.78 is 5.60. The van der Waals surface area contributed by atoms with Crippen LogP contribution >= 0.6 is 0 Å². The molecule has 1 fully saturated rings. The molecule has 0 heterocycles. The Kier molecular flexibility index (Phi) is 2.91. The van der Waals surface area contributed by atoms with Crippen molar-refractivity contribution in [1.82, 2.24) is 0 Å². The van der Waals surface area contributed by atoms with E-state index in [2.05, 4.69) is 0 Å². The molecule has 1 aliphatic rings. The molecule has 0 spiro atoms. The summed E-state index contributed by atoms with van der Waals surface area (Å²) in [6.45, 7) is 3.97. The van der Waals surface area contributed by atoms with Crippen molar-refractivity contribution in [1.29, 1.82) is 0 Å². The van der Waals surface area contributed by atoms with Crippen LogP contribution in [0.1, 0.15) is 32.3 Å². The summed E-state index contributed by atoms with van der Waals surface area (Å²) in [5.41, 5.74) is 5.89. The Morgan fingerprint density at radius 1 is 1.44 bits per heavy atom. The fourth-order valence-electron chi connectivity index (χ4n) is 2.17. The smallest absolute Gasteiger partial charge is 0.120 e. The van der Waals surface area contributed by atoms with Gasteiger partial charge < -0.3 is 15.6 Å². The normalized spacial score (nSPS) is 28.9. The average Bonchev–Trinajstić information content (AvgIpc) is 2.15. The summed E-state index contributed by atoms with van der Waals surface area (Å²) in [5, 5.41) is 10.3. The van der Waals surface area contributed by atoms with Gasteiger partial charge in [0.2, 0.25) is 0 Å². The Balaban J connectivity index is 2.16. The van der Waals surface area contributed by atoms with Crippen molar-refractivity contribution in [2.45, 2.75) is 44.4 Å². The molecule has 0 unspecified atom stereocenters. The predicted octanol–water partition coefficient (Wildman–Crippen LogP) is 1.78. The first kappa shape index (κ1) is 11.4. The van der Waals surface area contributed by atoms with Crippen molar-refractivity contribution >= 4 is 0 Å². The average molecular weight is 221 g/mol. The zero-order chi connectivity index (χ0) is 11.8. The van der Waals surface area contributed by atoms with Gasteiger partial charge in [-0.3, -0.25) is 0 Å². The van der Waals surface area contributed by atoms with Crippen LogP contribution in [0.15, 0.2) is 24.3 Å². The zero-order valence-corrected chi connectivity index (χ0v) is 9.81. The molecule has 0 atom stereocenters. The monoisotopic (exact) mass is 221 g/mol. The van der Waals surface area contributed by atoms with E-state index >= 15 is 0 Å². The molecule has 1 aromatic carbocycles. The number of aliphatic hydroxyl groups is 1. The molecule has 0 bridgehead atoms. The van der Waals surface area contributed by atoms with Crippen molar-refractivity contribution in [3.63, 3.8) is 0 Å². The summed E-state index contributed by atoms with van der Waals surface area (Å²) >= 11 is 0. The van der Waals surface area contributed by atoms with E-state index in [1.54, 1.807) is 0 Å². The molecule has 88 valence electrons. The number of benzene rings is 1. The largest absolute Gasteiger partial charge is 0.491 e. The third-order valence-corrected chi connectivity index (χ3v) is 2.94. The fourth-order valence-corrected chi connectivity index (χ4v) is 2.17. The van der Waals surface area contributed by atoms with Crippen LogP contribution in [0.4, 0.5) is 0 Å². The number of rotatable bonds is 3. The molecule has 1 aliphatic carbocycles. The fraction of sp³-hybridized carbons (Fsp3) is 0.538. The van der Waals surface area contributed by atoms with Crippen molar-refractivity contribution in [2.24, 2.45) is 5.73 Å². The zero-order valence-electron chi connectivity index (χ0n) is 9.81. The van der Waals surface area contributed by atoms with E-state index in [1.165, 1.54) is 0 Å². The van der Waals surface area contributed by atoms with Gasteiger partial charge in [-0.15, -0.1) is 0 Å². The highest BCUT2D eigenvalue weighted by Crippen LogP contribution is 2.41. The van der Waals surface area contributed by atoms with Crippen molar-refractivity contribution < 1.29 is 9.84 Å². The van der Waals surface area contributed by atoms with Crippen molar-refractivity contribution in [3.05, 3.63) is 29.8 Å². The molecule has 3 nitrogen and oxygen atoms in total. The molecule has 3 N–H and O–H groups in total. The molecule has 1 aromatic rings. The van der Waals surface area contributed by atoms with Gasteiger partial charge in [-0.1, -0.05) is 12.1 Å². The maximum Gasteiger partial charge on any atom is 0.120 e. The maximum atomic E-state index is 10.3. The van der Waals surface area contributed by atoms with E-state index in [-0.39, 0.29) is 12.1 Å². The summed E-state index contributed by atoms with van der Waals surface area (Å²) in [6, 6.07) is 7.78. The maximum absolute atomic E-state index is 10.3. The molecule has 3 heteroatoms. The van der Waals surface area contributed by atoms with E-state index in [1.807, 2.05) is 38.1 Å². The molecular formula is C13H19NO2. The Bertz CT molecular complexity index is 370.